The molecule has 0 radical (unpaired) electrons. The zero-order valence-corrected chi connectivity index (χ0v) is 20.1. The van der Waals surface area contributed by atoms with Crippen molar-refractivity contribution in [2.45, 2.75) is 11.4 Å². The number of para-hydroxylation sites is 1. The first-order chi connectivity index (χ1) is 15.7. The number of nitrogens with zero attached hydrogens (tertiary/aromatic N) is 3. The number of rotatable bonds is 5. The number of hydrogen-bond donors (Lipinski definition) is 2. The van der Waals surface area contributed by atoms with Crippen molar-refractivity contribution in [1.82, 2.24) is 9.47 Å². The van der Waals surface area contributed by atoms with Gasteiger partial charge in [-0.3, -0.25) is 28.6 Å². The normalized spacial score (nSPS) is 19.1. The van der Waals surface area contributed by atoms with Gasteiger partial charge in [0.25, 0.3) is 11.5 Å². The van der Waals surface area contributed by atoms with Gasteiger partial charge in [-0.05, 0) is 24.3 Å². The van der Waals surface area contributed by atoms with Gasteiger partial charge in [-0.1, -0.05) is 47.9 Å². The van der Waals surface area contributed by atoms with E-state index in [0.717, 1.165) is 48.2 Å². The summed E-state index contributed by atoms with van der Waals surface area (Å²) >= 11 is 8.47. The van der Waals surface area contributed by atoms with Crippen LogP contribution in [0, 0.1) is 0 Å². The third kappa shape index (κ3) is 4.49. The van der Waals surface area contributed by atoms with E-state index in [2.05, 4.69) is 0 Å². The van der Waals surface area contributed by atoms with Crippen molar-refractivity contribution in [2.75, 3.05) is 18.5 Å². The molecule has 1 fully saturated rings. The maximum Gasteiger partial charge on any atom is 0.323 e. The lowest BCUT2D eigenvalue weighted by Gasteiger charge is -2.12. The maximum absolute atomic E-state index is 13.0. The molecule has 2 N–H and O–H groups in total. The molecule has 0 atom stereocenters. The number of aliphatic carboxylic acids is 2. The number of thiazole rings is 1. The molecule has 33 heavy (non-hydrogen) atoms. The average Bonchev–Trinajstić information content (AvgIpc) is 3.34. The fourth-order valence-corrected chi connectivity index (χ4v) is 6.70. The molecule has 0 bridgehead atoms. The van der Waals surface area contributed by atoms with Crippen molar-refractivity contribution in [3.8, 4) is 0 Å². The minimum Gasteiger partial charge on any atom is -0.480 e. The van der Waals surface area contributed by atoms with E-state index in [1.165, 1.54) is 11.8 Å². The van der Waals surface area contributed by atoms with Crippen LogP contribution in [-0.4, -0.2) is 55.4 Å². The van der Waals surface area contributed by atoms with E-state index in [-0.39, 0.29) is 18.4 Å². The number of aromatic nitrogens is 1. The van der Waals surface area contributed by atoms with Crippen LogP contribution in [0.3, 0.4) is 0 Å². The predicted octanol–water partition coefficient (Wildman–Crippen LogP) is 0.911. The van der Waals surface area contributed by atoms with Crippen molar-refractivity contribution in [3.63, 3.8) is 0 Å². The van der Waals surface area contributed by atoms with Gasteiger partial charge in [0.15, 0.2) is 0 Å². The number of anilines is 1. The highest BCUT2D eigenvalue weighted by Crippen LogP contribution is 2.44. The van der Waals surface area contributed by atoms with Crippen LogP contribution in [0.15, 0.2) is 45.1 Å². The highest BCUT2D eigenvalue weighted by molar-refractivity contribution is 8.30. The molecule has 170 valence electrons. The fourth-order valence-electron chi connectivity index (χ4n) is 3.19. The Hall–Kier alpha value is -2.87. The number of thioether (sulfide) groups is 2. The Balaban J connectivity index is 1.82. The molecule has 2 aromatic rings. The van der Waals surface area contributed by atoms with E-state index in [1.807, 2.05) is 36.2 Å². The number of thiocarbonyl (C=S) groups is 1. The van der Waals surface area contributed by atoms with Crippen LogP contribution in [0.4, 0.5) is 5.69 Å². The monoisotopic (exact) mass is 521 g/mol. The number of carbonyl (C=O) groups is 3. The van der Waals surface area contributed by atoms with Gasteiger partial charge in [0, 0.05) is 11.9 Å². The van der Waals surface area contributed by atoms with Crippen LogP contribution in [0.1, 0.15) is 0 Å². The molecule has 1 saturated heterocycles. The van der Waals surface area contributed by atoms with Crippen molar-refractivity contribution in [2.24, 2.45) is 0 Å². The van der Waals surface area contributed by atoms with Gasteiger partial charge in [-0.15, -0.1) is 11.3 Å². The summed E-state index contributed by atoms with van der Waals surface area (Å²) in [5.41, 5.74) is 0.480. The Morgan fingerprint density at radius 3 is 2.42 bits per heavy atom. The number of hydrogen-bond acceptors (Lipinski definition) is 9. The summed E-state index contributed by atoms with van der Waals surface area (Å²) in [6.45, 7) is -1.25. The van der Waals surface area contributed by atoms with Crippen molar-refractivity contribution in [3.05, 3.63) is 54.9 Å². The van der Waals surface area contributed by atoms with Gasteiger partial charge < -0.3 is 15.1 Å². The van der Waals surface area contributed by atoms with Gasteiger partial charge in [-0.25, -0.2) is 0 Å². The molecule has 0 unspecified atom stereocenters. The smallest absolute Gasteiger partial charge is 0.323 e. The number of carbonyl (C=O) groups excluding carboxylic acids is 1. The number of carboxylic acids is 2. The van der Waals surface area contributed by atoms with E-state index >= 15 is 0 Å². The topological polar surface area (TPSA) is 120 Å². The summed E-state index contributed by atoms with van der Waals surface area (Å²) in [5.74, 6) is -3.15. The molecule has 1 amide bonds. The second kappa shape index (κ2) is 9.17. The summed E-state index contributed by atoms with van der Waals surface area (Å²) in [6.07, 6.45) is 3.36. The molecule has 0 saturated carbocycles. The van der Waals surface area contributed by atoms with Crippen LogP contribution in [0.25, 0.3) is 11.0 Å². The molecule has 0 spiro atoms. The third-order valence-corrected chi connectivity index (χ3v) is 8.59. The number of allylic oxidation sites excluding steroid dienone is 1. The average molecular weight is 522 g/mol. The second-order valence-corrected chi connectivity index (χ2v) is 10.6. The van der Waals surface area contributed by atoms with E-state index < -0.39 is 36.5 Å². The fraction of sp³-hybridized carbons (Fsp3) is 0.150. The van der Waals surface area contributed by atoms with Crippen molar-refractivity contribution < 1.29 is 24.6 Å². The maximum atomic E-state index is 13.0. The Kier molecular flexibility index (Phi) is 6.47. The molecule has 2 aliphatic rings. The predicted molar refractivity (Wildman–Crippen MR) is 132 cm³/mol. The molecule has 1 aromatic carbocycles. The lowest BCUT2D eigenvalue weighted by atomic mass is 10.3. The van der Waals surface area contributed by atoms with Gasteiger partial charge in [0.2, 0.25) is 0 Å². The summed E-state index contributed by atoms with van der Waals surface area (Å²) in [6, 6.07) is 7.85. The Morgan fingerprint density at radius 1 is 1.06 bits per heavy atom. The SMILES string of the molecule is CN1C(=CC=c2s/c(=C3\SC(=S)N(CC(=O)O)C3=O)n(CC(=O)O)c2=O)Sc2ccccc21. The molecule has 1 aromatic heterocycles. The lowest BCUT2D eigenvalue weighted by Crippen LogP contribution is -2.36. The Labute approximate surface area is 204 Å². The molecule has 4 rings (SSSR count). The quantitative estimate of drug-likeness (QED) is 0.550. The first-order valence-corrected chi connectivity index (χ1v) is 12.2. The van der Waals surface area contributed by atoms with Crippen LogP contribution >= 0.6 is 47.1 Å². The largest absolute Gasteiger partial charge is 0.480 e. The second-order valence-electron chi connectivity index (χ2n) is 6.84. The molecular weight excluding hydrogens is 507 g/mol. The van der Waals surface area contributed by atoms with Gasteiger partial charge in [-0.2, -0.15) is 0 Å². The summed E-state index contributed by atoms with van der Waals surface area (Å²) in [5, 5.41) is 19.2. The first kappa shape index (κ1) is 23.3. The Bertz CT molecular complexity index is 1420. The molecule has 3 heterocycles. The number of amides is 1. The molecule has 9 nitrogen and oxygen atoms in total. The minimum absolute atomic E-state index is 0.0366. The van der Waals surface area contributed by atoms with Crippen LogP contribution < -0.4 is 19.7 Å². The van der Waals surface area contributed by atoms with Gasteiger partial charge in [0.1, 0.15) is 27.0 Å². The first-order valence-electron chi connectivity index (χ1n) is 9.31. The number of fused-ring (bicyclic) bond motifs is 1. The van der Waals surface area contributed by atoms with E-state index in [4.69, 9.17) is 17.3 Å². The van der Waals surface area contributed by atoms with Gasteiger partial charge in [0.05, 0.1) is 15.2 Å². The molecular formula is C20H15N3O6S4. The molecule has 0 aliphatic carbocycles. The highest BCUT2D eigenvalue weighted by Gasteiger charge is 2.35. The molecule has 2 aliphatic heterocycles. The summed E-state index contributed by atoms with van der Waals surface area (Å²) in [7, 11) is 1.91. The molecule has 13 heteroatoms. The lowest BCUT2D eigenvalue weighted by molar-refractivity contribution is -0.140. The zero-order chi connectivity index (χ0) is 23.9. The van der Waals surface area contributed by atoms with Crippen LogP contribution in [-0.2, 0) is 20.9 Å². The summed E-state index contributed by atoms with van der Waals surface area (Å²) < 4.78 is 1.42. The van der Waals surface area contributed by atoms with E-state index in [9.17, 15) is 24.3 Å². The number of carboxylic acid groups (broad SMARTS) is 2. The highest BCUT2D eigenvalue weighted by atomic mass is 32.2. The zero-order valence-electron chi connectivity index (χ0n) is 16.9. The van der Waals surface area contributed by atoms with Crippen molar-refractivity contribution >= 4 is 85.9 Å². The number of benzene rings is 1. The van der Waals surface area contributed by atoms with Crippen LogP contribution in [0.5, 0.6) is 0 Å². The third-order valence-electron chi connectivity index (χ3n) is 4.69. The Morgan fingerprint density at radius 2 is 1.76 bits per heavy atom. The standard InChI is InChI=1S/C20H15N3O6S4/c1-21-10-4-2-3-5-11(10)31-13(21)7-6-12-17(28)22(8-14(24)25)19(32-12)16-18(29)23(9-15(26)27)20(30)33-16/h2-7H,8-9H2,1H3,(H,24,25)(H,26,27)/b12-6?,13-7?,19-16-. The summed E-state index contributed by atoms with van der Waals surface area (Å²) in [4.78, 5) is 52.2. The van der Waals surface area contributed by atoms with Gasteiger partial charge >= 0.3 is 11.9 Å². The van der Waals surface area contributed by atoms with E-state index in [0.29, 0.717) is 0 Å². The van der Waals surface area contributed by atoms with Crippen molar-refractivity contribution in [1.29, 1.82) is 0 Å². The van der Waals surface area contributed by atoms with E-state index in [1.54, 1.807) is 12.2 Å². The minimum atomic E-state index is -1.25. The van der Waals surface area contributed by atoms with Crippen LogP contribution in [0.2, 0.25) is 0 Å².